The molecule has 1 atom stereocenters. The van der Waals surface area contributed by atoms with Crippen LogP contribution >= 0.6 is 0 Å². The maximum Gasteiger partial charge on any atom is 0.273 e. The Hall–Kier alpha value is -2.54. The number of para-hydroxylation sites is 1. The normalized spacial score (nSPS) is 17.9. The smallest absolute Gasteiger partial charge is 0.273 e. The van der Waals surface area contributed by atoms with Crippen LogP contribution in [0.5, 0.6) is 0 Å². The molecule has 0 bridgehead atoms. The van der Waals surface area contributed by atoms with E-state index in [4.69, 9.17) is 10.5 Å². The SMILES string of the molecule is NC(=O)c1nncnc1Nc1ccccc1C1CCCCO1. The lowest BCUT2D eigenvalue weighted by Gasteiger charge is -2.25. The topological polar surface area (TPSA) is 103 Å². The Kier molecular flexibility index (Phi) is 4.24. The van der Waals surface area contributed by atoms with Gasteiger partial charge in [0.2, 0.25) is 0 Å². The first kappa shape index (κ1) is 14.4. The van der Waals surface area contributed by atoms with Gasteiger partial charge in [-0.15, -0.1) is 10.2 Å². The lowest BCUT2D eigenvalue weighted by Crippen LogP contribution is -2.18. The maximum absolute atomic E-state index is 11.4. The van der Waals surface area contributed by atoms with Crippen LogP contribution in [-0.2, 0) is 4.74 Å². The summed E-state index contributed by atoms with van der Waals surface area (Å²) in [5.41, 5.74) is 7.19. The Balaban J connectivity index is 1.91. The number of nitrogens with zero attached hydrogens (tertiary/aromatic N) is 3. The first-order chi connectivity index (χ1) is 10.8. The predicted octanol–water partition coefficient (Wildman–Crippen LogP) is 1.96. The standard InChI is InChI=1S/C15H17N5O2/c16-14(21)13-15(17-9-18-20-13)19-11-6-2-1-5-10(11)12-7-3-4-8-22-12/h1-2,5-6,9,12H,3-4,7-8H2,(H2,16,21)(H,17,18,19). The molecule has 1 aliphatic rings. The fraction of sp³-hybridized carbons (Fsp3) is 0.333. The van der Waals surface area contributed by atoms with Crippen molar-refractivity contribution in [2.75, 3.05) is 11.9 Å². The third kappa shape index (κ3) is 3.04. The zero-order valence-electron chi connectivity index (χ0n) is 12.0. The van der Waals surface area contributed by atoms with E-state index in [1.54, 1.807) is 0 Å². The minimum absolute atomic E-state index is 0.0156. The van der Waals surface area contributed by atoms with Gasteiger partial charge in [0, 0.05) is 17.9 Å². The molecule has 1 aromatic heterocycles. The molecule has 0 aliphatic carbocycles. The van der Waals surface area contributed by atoms with Gasteiger partial charge in [-0.25, -0.2) is 4.98 Å². The van der Waals surface area contributed by atoms with E-state index in [1.165, 1.54) is 6.33 Å². The molecule has 7 heteroatoms. The fourth-order valence-electron chi connectivity index (χ4n) is 2.54. The second-order valence-corrected chi connectivity index (χ2v) is 5.09. The van der Waals surface area contributed by atoms with Gasteiger partial charge >= 0.3 is 0 Å². The second kappa shape index (κ2) is 6.48. The molecule has 1 unspecified atom stereocenters. The minimum Gasteiger partial charge on any atom is -0.373 e. The lowest BCUT2D eigenvalue weighted by molar-refractivity contribution is 0.0154. The van der Waals surface area contributed by atoms with Gasteiger partial charge in [0.05, 0.1) is 6.10 Å². The number of nitrogens with one attached hydrogen (secondary N) is 1. The highest BCUT2D eigenvalue weighted by Gasteiger charge is 2.20. The van der Waals surface area contributed by atoms with E-state index < -0.39 is 5.91 Å². The number of rotatable bonds is 4. The summed E-state index contributed by atoms with van der Waals surface area (Å²) in [5, 5.41) is 10.5. The van der Waals surface area contributed by atoms with Crippen LogP contribution in [-0.4, -0.2) is 27.7 Å². The van der Waals surface area contributed by atoms with Crippen molar-refractivity contribution in [3.8, 4) is 0 Å². The molecule has 114 valence electrons. The number of hydrogen-bond donors (Lipinski definition) is 2. The largest absolute Gasteiger partial charge is 0.373 e. The molecule has 1 aromatic carbocycles. The van der Waals surface area contributed by atoms with Crippen LogP contribution in [0.4, 0.5) is 11.5 Å². The van der Waals surface area contributed by atoms with Crippen molar-refractivity contribution < 1.29 is 9.53 Å². The number of nitrogens with two attached hydrogens (primary N) is 1. The Morgan fingerprint density at radius 3 is 2.95 bits per heavy atom. The number of anilines is 2. The average molecular weight is 299 g/mol. The maximum atomic E-state index is 11.4. The zero-order valence-corrected chi connectivity index (χ0v) is 12.0. The highest BCUT2D eigenvalue weighted by atomic mass is 16.5. The molecule has 22 heavy (non-hydrogen) atoms. The lowest BCUT2D eigenvalue weighted by atomic mass is 10.00. The van der Waals surface area contributed by atoms with E-state index in [9.17, 15) is 4.79 Å². The van der Waals surface area contributed by atoms with Crippen molar-refractivity contribution in [2.24, 2.45) is 5.73 Å². The Bertz CT molecular complexity index is 670. The third-order valence-electron chi connectivity index (χ3n) is 3.59. The Labute approximate surface area is 127 Å². The third-order valence-corrected chi connectivity index (χ3v) is 3.59. The van der Waals surface area contributed by atoms with E-state index in [2.05, 4.69) is 20.5 Å². The number of aromatic nitrogens is 3. The van der Waals surface area contributed by atoms with E-state index in [-0.39, 0.29) is 11.8 Å². The predicted molar refractivity (Wildman–Crippen MR) is 80.6 cm³/mol. The minimum atomic E-state index is -0.672. The highest BCUT2D eigenvalue weighted by molar-refractivity contribution is 5.96. The van der Waals surface area contributed by atoms with Crippen molar-refractivity contribution in [1.82, 2.24) is 15.2 Å². The van der Waals surface area contributed by atoms with Gasteiger partial charge in [-0.2, -0.15) is 0 Å². The van der Waals surface area contributed by atoms with Crippen molar-refractivity contribution in [3.63, 3.8) is 0 Å². The molecule has 2 aromatic rings. The number of benzene rings is 1. The molecule has 3 rings (SSSR count). The summed E-state index contributed by atoms with van der Waals surface area (Å²) >= 11 is 0. The van der Waals surface area contributed by atoms with Crippen LogP contribution in [0.2, 0.25) is 0 Å². The van der Waals surface area contributed by atoms with E-state index >= 15 is 0 Å². The number of carbonyl (C=O) groups is 1. The molecule has 1 amide bonds. The van der Waals surface area contributed by atoms with Crippen LogP contribution in [0.25, 0.3) is 0 Å². The van der Waals surface area contributed by atoms with Gasteiger partial charge in [0.25, 0.3) is 5.91 Å². The van der Waals surface area contributed by atoms with Crippen molar-refractivity contribution in [1.29, 1.82) is 0 Å². The van der Waals surface area contributed by atoms with Crippen LogP contribution in [0.15, 0.2) is 30.6 Å². The van der Waals surface area contributed by atoms with E-state index in [1.807, 2.05) is 24.3 Å². The zero-order chi connectivity index (χ0) is 15.4. The summed E-state index contributed by atoms with van der Waals surface area (Å²) in [5.74, 6) is -0.375. The first-order valence-electron chi connectivity index (χ1n) is 7.21. The molecular formula is C15H17N5O2. The van der Waals surface area contributed by atoms with Crippen LogP contribution in [0.3, 0.4) is 0 Å². The summed E-state index contributed by atoms with van der Waals surface area (Å²) in [6, 6.07) is 7.80. The molecule has 1 saturated heterocycles. The molecule has 0 saturated carbocycles. The molecule has 0 spiro atoms. The van der Waals surface area contributed by atoms with Gasteiger partial charge in [0.1, 0.15) is 6.33 Å². The van der Waals surface area contributed by atoms with Crippen molar-refractivity contribution in [3.05, 3.63) is 41.9 Å². The molecule has 1 fully saturated rings. The van der Waals surface area contributed by atoms with Gasteiger partial charge in [-0.1, -0.05) is 18.2 Å². The van der Waals surface area contributed by atoms with E-state index in [0.29, 0.717) is 5.82 Å². The van der Waals surface area contributed by atoms with Gasteiger partial charge in [-0.3, -0.25) is 4.79 Å². The molecule has 0 radical (unpaired) electrons. The van der Waals surface area contributed by atoms with Gasteiger partial charge < -0.3 is 15.8 Å². The van der Waals surface area contributed by atoms with Crippen LogP contribution in [0.1, 0.15) is 41.4 Å². The summed E-state index contributed by atoms with van der Waals surface area (Å²) < 4.78 is 5.84. The first-order valence-corrected chi connectivity index (χ1v) is 7.21. The van der Waals surface area contributed by atoms with Gasteiger partial charge in [-0.05, 0) is 25.3 Å². The summed E-state index contributed by atoms with van der Waals surface area (Å²) in [4.78, 5) is 15.5. The molecule has 2 heterocycles. The summed E-state index contributed by atoms with van der Waals surface area (Å²) in [6.45, 7) is 0.764. The van der Waals surface area contributed by atoms with Crippen molar-refractivity contribution in [2.45, 2.75) is 25.4 Å². The number of amides is 1. The second-order valence-electron chi connectivity index (χ2n) is 5.09. The number of carbonyl (C=O) groups excluding carboxylic acids is 1. The highest BCUT2D eigenvalue weighted by Crippen LogP contribution is 2.33. The number of primary amides is 1. The van der Waals surface area contributed by atoms with Crippen LogP contribution in [0, 0.1) is 0 Å². The Morgan fingerprint density at radius 1 is 1.32 bits per heavy atom. The van der Waals surface area contributed by atoms with Crippen molar-refractivity contribution >= 4 is 17.4 Å². The van der Waals surface area contributed by atoms with Gasteiger partial charge in [0.15, 0.2) is 11.5 Å². The van der Waals surface area contributed by atoms with E-state index in [0.717, 1.165) is 37.1 Å². The fourth-order valence-corrected chi connectivity index (χ4v) is 2.54. The summed E-state index contributed by atoms with van der Waals surface area (Å²) in [7, 11) is 0. The molecular weight excluding hydrogens is 282 g/mol. The molecule has 1 aliphatic heterocycles. The van der Waals surface area contributed by atoms with Crippen LogP contribution < -0.4 is 11.1 Å². The number of ether oxygens (including phenoxy) is 1. The molecule has 3 N–H and O–H groups in total. The monoisotopic (exact) mass is 299 g/mol. The quantitative estimate of drug-likeness (QED) is 0.894. The Morgan fingerprint density at radius 2 is 2.18 bits per heavy atom. The number of hydrogen-bond acceptors (Lipinski definition) is 6. The molecule has 7 nitrogen and oxygen atoms in total. The summed E-state index contributed by atoms with van der Waals surface area (Å²) in [6.07, 6.45) is 4.52. The average Bonchev–Trinajstić information content (AvgIpc) is 2.56.